The second kappa shape index (κ2) is 9.42. The van der Waals surface area contributed by atoms with Gasteiger partial charge in [-0.05, 0) is 66.6 Å². The Balaban J connectivity index is 1.65. The Kier molecular flexibility index (Phi) is 6.63. The Labute approximate surface area is 224 Å². The zero-order valence-electron chi connectivity index (χ0n) is 19.7. The quantitative estimate of drug-likeness (QED) is 0.281. The van der Waals surface area contributed by atoms with Gasteiger partial charge in [-0.2, -0.15) is 13.2 Å². The Morgan fingerprint density at radius 2 is 1.89 bits per heavy atom. The lowest BCUT2D eigenvalue weighted by Gasteiger charge is -2.26. The SMILES string of the molecule is CC(O)(c1ccnc(-c2nccc3c(C(NS(=O)(=O)C4CC4)c4nc(N)ccc4Cl)csc23)c1)C(F)(F)F. The number of aromatic nitrogens is 3. The van der Waals surface area contributed by atoms with Gasteiger partial charge in [-0.25, -0.2) is 18.1 Å². The van der Waals surface area contributed by atoms with Crippen molar-refractivity contribution in [1.82, 2.24) is 19.7 Å². The number of nitrogen functional groups attached to an aromatic ring is 1. The number of nitrogens with two attached hydrogens (primary N) is 1. The van der Waals surface area contributed by atoms with Crippen LogP contribution in [-0.2, 0) is 15.6 Å². The molecule has 0 saturated heterocycles. The van der Waals surface area contributed by atoms with Crippen molar-refractivity contribution in [2.75, 3.05) is 5.73 Å². The molecule has 4 heterocycles. The number of aliphatic hydroxyl groups is 1. The summed E-state index contributed by atoms with van der Waals surface area (Å²) >= 11 is 7.63. The first-order valence-electron chi connectivity index (χ1n) is 11.3. The fraction of sp³-hybridized carbons (Fsp3) is 0.292. The third-order valence-electron chi connectivity index (χ3n) is 6.36. The summed E-state index contributed by atoms with van der Waals surface area (Å²) in [5.41, 5.74) is 3.52. The number of nitrogens with one attached hydrogen (secondary N) is 1. The molecular formula is C24H21ClF3N5O3S2. The van der Waals surface area contributed by atoms with Gasteiger partial charge in [0.05, 0.1) is 32.4 Å². The maximum Gasteiger partial charge on any atom is 0.421 e. The molecule has 0 spiro atoms. The topological polar surface area (TPSA) is 131 Å². The van der Waals surface area contributed by atoms with E-state index in [-0.39, 0.29) is 27.9 Å². The normalized spacial score (nSPS) is 16.9. The number of thiophene rings is 1. The van der Waals surface area contributed by atoms with E-state index in [0.29, 0.717) is 35.4 Å². The summed E-state index contributed by atoms with van der Waals surface area (Å²) < 4.78 is 69.5. The third-order valence-corrected chi connectivity index (χ3v) is 9.61. The highest BCUT2D eigenvalue weighted by molar-refractivity contribution is 7.90. The number of alkyl halides is 3. The summed E-state index contributed by atoms with van der Waals surface area (Å²) in [6.07, 6.45) is -1.20. The maximum atomic E-state index is 13.5. The minimum absolute atomic E-state index is 0.112. The molecule has 1 saturated carbocycles. The minimum Gasteiger partial charge on any atom is -0.384 e. The smallest absolute Gasteiger partial charge is 0.384 e. The predicted molar refractivity (Wildman–Crippen MR) is 139 cm³/mol. The standard InChI is InChI=1S/C24H21ClF3N5O3S2/c1-23(34,24(26,27)28)12-6-8-30-17(10-12)21-22-14(7-9-31-21)15(11-37-22)19(33-38(35,36)13-2-3-13)20-16(25)4-5-18(29)32-20/h4-11,13,19,33-34H,2-3H2,1H3,(H2,29,32). The van der Waals surface area contributed by atoms with E-state index in [1.807, 2.05) is 0 Å². The van der Waals surface area contributed by atoms with Crippen LogP contribution in [0.2, 0.25) is 5.02 Å². The average molecular weight is 584 g/mol. The molecule has 8 nitrogen and oxygen atoms in total. The van der Waals surface area contributed by atoms with E-state index in [1.165, 1.54) is 35.9 Å². The number of nitrogens with zero attached hydrogens (tertiary/aromatic N) is 3. The van der Waals surface area contributed by atoms with Crippen molar-refractivity contribution in [2.45, 2.75) is 42.8 Å². The number of sulfonamides is 1. The second-order valence-electron chi connectivity index (χ2n) is 9.13. The van der Waals surface area contributed by atoms with Crippen molar-refractivity contribution in [2.24, 2.45) is 0 Å². The van der Waals surface area contributed by atoms with Gasteiger partial charge < -0.3 is 10.8 Å². The number of halogens is 4. The largest absolute Gasteiger partial charge is 0.421 e. The number of hydrogen-bond acceptors (Lipinski definition) is 8. The summed E-state index contributed by atoms with van der Waals surface area (Å²) in [6, 6.07) is 5.94. The van der Waals surface area contributed by atoms with Crippen molar-refractivity contribution in [1.29, 1.82) is 0 Å². The summed E-state index contributed by atoms with van der Waals surface area (Å²) in [4.78, 5) is 12.8. The molecule has 4 N–H and O–H groups in total. The van der Waals surface area contributed by atoms with Crippen LogP contribution in [0.1, 0.15) is 42.6 Å². The highest BCUT2D eigenvalue weighted by Gasteiger charge is 2.51. The van der Waals surface area contributed by atoms with Gasteiger partial charge in [0.2, 0.25) is 10.0 Å². The lowest BCUT2D eigenvalue weighted by molar-refractivity contribution is -0.258. The Hall–Kier alpha value is -2.84. The number of hydrogen-bond donors (Lipinski definition) is 3. The third kappa shape index (κ3) is 4.84. The number of rotatable bonds is 7. The first kappa shape index (κ1) is 26.8. The lowest BCUT2D eigenvalue weighted by Crippen LogP contribution is -2.39. The van der Waals surface area contributed by atoms with Crippen LogP contribution in [0.4, 0.5) is 19.0 Å². The van der Waals surface area contributed by atoms with E-state index in [2.05, 4.69) is 19.7 Å². The zero-order valence-corrected chi connectivity index (χ0v) is 22.1. The molecule has 14 heteroatoms. The molecule has 4 aromatic rings. The molecule has 0 bridgehead atoms. The molecule has 0 amide bonds. The van der Waals surface area contributed by atoms with Crippen LogP contribution in [0.25, 0.3) is 21.5 Å². The summed E-state index contributed by atoms with van der Waals surface area (Å²) in [5.74, 6) is 0.152. The number of fused-ring (bicyclic) bond motifs is 1. The highest BCUT2D eigenvalue weighted by Crippen LogP contribution is 2.42. The van der Waals surface area contributed by atoms with Crippen LogP contribution in [0.3, 0.4) is 0 Å². The first-order chi connectivity index (χ1) is 17.8. The van der Waals surface area contributed by atoms with Gasteiger partial charge in [0.15, 0.2) is 5.60 Å². The van der Waals surface area contributed by atoms with E-state index in [1.54, 1.807) is 11.4 Å². The Morgan fingerprint density at radius 3 is 2.58 bits per heavy atom. The fourth-order valence-electron chi connectivity index (χ4n) is 3.99. The molecular weight excluding hydrogens is 563 g/mol. The van der Waals surface area contributed by atoms with Crippen molar-refractivity contribution in [3.63, 3.8) is 0 Å². The van der Waals surface area contributed by atoms with Crippen LogP contribution >= 0.6 is 22.9 Å². The van der Waals surface area contributed by atoms with E-state index in [4.69, 9.17) is 17.3 Å². The Morgan fingerprint density at radius 1 is 1.18 bits per heavy atom. The molecule has 5 rings (SSSR count). The number of anilines is 1. The van der Waals surface area contributed by atoms with Crippen molar-refractivity contribution < 1.29 is 26.7 Å². The van der Waals surface area contributed by atoms with Gasteiger partial charge in [-0.3, -0.25) is 9.97 Å². The van der Waals surface area contributed by atoms with Gasteiger partial charge in [-0.1, -0.05) is 11.6 Å². The molecule has 1 aliphatic rings. The van der Waals surface area contributed by atoms with Gasteiger partial charge in [0.1, 0.15) is 11.5 Å². The summed E-state index contributed by atoms with van der Waals surface area (Å²) in [7, 11) is -3.70. The van der Waals surface area contributed by atoms with Crippen LogP contribution in [0.15, 0.2) is 48.1 Å². The minimum atomic E-state index is -4.91. The molecule has 0 aromatic carbocycles. The first-order valence-corrected chi connectivity index (χ1v) is 14.1. The molecule has 200 valence electrons. The second-order valence-corrected chi connectivity index (χ2v) is 12.4. The lowest BCUT2D eigenvalue weighted by atomic mass is 9.95. The van der Waals surface area contributed by atoms with Crippen LogP contribution in [-0.4, -0.2) is 39.9 Å². The van der Waals surface area contributed by atoms with Crippen LogP contribution < -0.4 is 10.5 Å². The summed E-state index contributed by atoms with van der Waals surface area (Å²) in [5, 5.41) is 12.1. The molecule has 2 unspecified atom stereocenters. The van der Waals surface area contributed by atoms with Crippen molar-refractivity contribution in [3.05, 3.63) is 69.9 Å². The summed E-state index contributed by atoms with van der Waals surface area (Å²) in [6.45, 7) is 0.669. The molecule has 2 atom stereocenters. The monoisotopic (exact) mass is 583 g/mol. The zero-order chi connectivity index (χ0) is 27.5. The predicted octanol–water partition coefficient (Wildman–Crippen LogP) is 4.93. The molecule has 0 radical (unpaired) electrons. The molecule has 0 aliphatic heterocycles. The van der Waals surface area contributed by atoms with Crippen molar-refractivity contribution >= 4 is 48.9 Å². The molecule has 4 aromatic heterocycles. The van der Waals surface area contributed by atoms with E-state index >= 15 is 0 Å². The fourth-order valence-corrected chi connectivity index (χ4v) is 6.82. The average Bonchev–Trinajstić information content (AvgIpc) is 3.64. The van der Waals surface area contributed by atoms with Crippen LogP contribution in [0, 0.1) is 0 Å². The molecule has 1 fully saturated rings. The van der Waals surface area contributed by atoms with E-state index in [9.17, 15) is 26.7 Å². The Bertz CT molecular complexity index is 1640. The van der Waals surface area contributed by atoms with E-state index < -0.39 is 38.7 Å². The molecule has 1 aliphatic carbocycles. The van der Waals surface area contributed by atoms with Gasteiger partial charge >= 0.3 is 6.18 Å². The van der Waals surface area contributed by atoms with Crippen molar-refractivity contribution in [3.8, 4) is 11.4 Å². The van der Waals surface area contributed by atoms with Gasteiger partial charge in [0.25, 0.3) is 0 Å². The number of pyridine rings is 3. The van der Waals surface area contributed by atoms with E-state index in [0.717, 1.165) is 12.1 Å². The highest BCUT2D eigenvalue weighted by atomic mass is 35.5. The van der Waals surface area contributed by atoms with Gasteiger partial charge in [0, 0.05) is 17.8 Å². The maximum absolute atomic E-state index is 13.5. The van der Waals surface area contributed by atoms with Crippen LogP contribution in [0.5, 0.6) is 0 Å². The van der Waals surface area contributed by atoms with Gasteiger partial charge in [-0.15, -0.1) is 11.3 Å². The molecule has 38 heavy (non-hydrogen) atoms.